The third-order valence-corrected chi connectivity index (χ3v) is 3.40. The second-order valence-electron chi connectivity index (χ2n) is 3.60. The van der Waals surface area contributed by atoms with Crippen molar-refractivity contribution in [1.29, 1.82) is 0 Å². The number of rotatable bonds is 4. The fraction of sp³-hybridized carbons (Fsp3) is 0.273. The number of nitrogens with zero attached hydrogens (tertiary/aromatic N) is 2. The van der Waals surface area contributed by atoms with Crippen molar-refractivity contribution in [3.05, 3.63) is 29.0 Å². The van der Waals surface area contributed by atoms with Crippen LogP contribution in [0.2, 0.25) is 0 Å². The average molecular weight is 352 g/mol. The maximum Gasteiger partial charge on any atom is 0.441 e. The van der Waals surface area contributed by atoms with Gasteiger partial charge in [0.15, 0.2) is 0 Å². The quantitative estimate of drug-likeness (QED) is 0.843. The zero-order valence-corrected chi connectivity index (χ0v) is 11.9. The molecule has 2 aromatic heterocycles. The molecule has 2 heterocycles. The number of nitrogens with one attached hydrogen (secondary N) is 1. The first-order valence-corrected chi connectivity index (χ1v) is 7.08. The molecule has 1 N–H and O–H groups in total. The Morgan fingerprint density at radius 1 is 1.32 bits per heavy atom. The van der Waals surface area contributed by atoms with E-state index in [4.69, 9.17) is 0 Å². The van der Waals surface area contributed by atoms with Gasteiger partial charge in [0, 0.05) is 29.2 Å². The summed E-state index contributed by atoms with van der Waals surface area (Å²) in [6.07, 6.45) is 3.22. The SMILES string of the molecule is FC(F)(F)SCCNc1ccnc2cc(Br)cnc12. The summed E-state index contributed by atoms with van der Waals surface area (Å²) in [7, 11) is 0. The van der Waals surface area contributed by atoms with Crippen LogP contribution in [0.25, 0.3) is 11.0 Å². The van der Waals surface area contributed by atoms with Gasteiger partial charge in [0.2, 0.25) is 0 Å². The Balaban J connectivity index is 2.05. The van der Waals surface area contributed by atoms with E-state index in [1.807, 2.05) is 0 Å². The summed E-state index contributed by atoms with van der Waals surface area (Å²) in [5.74, 6) is -0.0517. The van der Waals surface area contributed by atoms with Crippen LogP contribution >= 0.6 is 27.7 Å². The van der Waals surface area contributed by atoms with Gasteiger partial charge in [-0.25, -0.2) is 0 Å². The van der Waals surface area contributed by atoms with Gasteiger partial charge in [0.25, 0.3) is 0 Å². The maximum atomic E-state index is 12.0. The van der Waals surface area contributed by atoms with Crippen molar-refractivity contribution in [1.82, 2.24) is 9.97 Å². The van der Waals surface area contributed by atoms with E-state index in [1.165, 1.54) is 0 Å². The van der Waals surface area contributed by atoms with Gasteiger partial charge < -0.3 is 5.32 Å². The molecule has 0 aliphatic heterocycles. The molecule has 8 heteroatoms. The predicted molar refractivity (Wildman–Crippen MR) is 74.2 cm³/mol. The number of thioether (sulfide) groups is 1. The third-order valence-electron chi connectivity index (χ3n) is 2.23. The van der Waals surface area contributed by atoms with Gasteiger partial charge >= 0.3 is 5.51 Å². The monoisotopic (exact) mass is 351 g/mol. The number of fused-ring (bicyclic) bond motifs is 1. The summed E-state index contributed by atoms with van der Waals surface area (Å²) in [5, 5.41) is 2.94. The lowest BCUT2D eigenvalue weighted by Gasteiger charge is -2.09. The number of anilines is 1. The van der Waals surface area contributed by atoms with Crippen molar-refractivity contribution >= 4 is 44.4 Å². The van der Waals surface area contributed by atoms with Crippen LogP contribution in [0.1, 0.15) is 0 Å². The van der Waals surface area contributed by atoms with Gasteiger partial charge in [-0.15, -0.1) is 0 Å². The summed E-state index contributed by atoms with van der Waals surface area (Å²) < 4.78 is 36.8. The molecule has 0 radical (unpaired) electrons. The van der Waals surface area contributed by atoms with Gasteiger partial charge in [-0.1, -0.05) is 0 Å². The number of hydrogen-bond acceptors (Lipinski definition) is 4. The highest BCUT2D eigenvalue weighted by molar-refractivity contribution is 9.10. The van der Waals surface area contributed by atoms with Crippen molar-refractivity contribution in [3.63, 3.8) is 0 Å². The van der Waals surface area contributed by atoms with E-state index in [9.17, 15) is 13.2 Å². The minimum atomic E-state index is -4.19. The highest BCUT2D eigenvalue weighted by Crippen LogP contribution is 2.30. The minimum Gasteiger partial charge on any atom is -0.382 e. The molecule has 0 saturated carbocycles. The summed E-state index contributed by atoms with van der Waals surface area (Å²) in [5.41, 5.74) is -2.18. The molecule has 2 aromatic rings. The van der Waals surface area contributed by atoms with E-state index >= 15 is 0 Å². The molecular weight excluding hydrogens is 343 g/mol. The highest BCUT2D eigenvalue weighted by atomic mass is 79.9. The molecule has 0 saturated heterocycles. The molecule has 0 aliphatic rings. The summed E-state index contributed by atoms with van der Waals surface area (Å²) in [6, 6.07) is 3.50. The molecule has 2 rings (SSSR count). The Morgan fingerprint density at radius 2 is 2.11 bits per heavy atom. The fourth-order valence-electron chi connectivity index (χ4n) is 1.50. The lowest BCUT2D eigenvalue weighted by molar-refractivity contribution is -0.0327. The summed E-state index contributed by atoms with van der Waals surface area (Å²) in [4.78, 5) is 8.36. The van der Waals surface area contributed by atoms with Crippen LogP contribution in [-0.4, -0.2) is 27.8 Å². The first-order chi connectivity index (χ1) is 8.96. The van der Waals surface area contributed by atoms with Gasteiger partial charge in [0.05, 0.1) is 11.2 Å². The van der Waals surface area contributed by atoms with Crippen molar-refractivity contribution in [3.8, 4) is 0 Å². The first-order valence-electron chi connectivity index (χ1n) is 5.30. The van der Waals surface area contributed by atoms with Crippen LogP contribution in [-0.2, 0) is 0 Å². The van der Waals surface area contributed by atoms with E-state index in [1.54, 1.807) is 24.5 Å². The van der Waals surface area contributed by atoms with Crippen molar-refractivity contribution in [2.45, 2.75) is 5.51 Å². The number of hydrogen-bond donors (Lipinski definition) is 1. The Labute approximate surface area is 120 Å². The molecule has 0 amide bonds. The Kier molecular flexibility index (Phi) is 4.51. The number of alkyl halides is 3. The second-order valence-corrected chi connectivity index (χ2v) is 5.68. The Morgan fingerprint density at radius 3 is 2.84 bits per heavy atom. The van der Waals surface area contributed by atoms with Crippen LogP contribution in [0.5, 0.6) is 0 Å². The lowest BCUT2D eigenvalue weighted by atomic mass is 10.3. The number of pyridine rings is 2. The van der Waals surface area contributed by atoms with Gasteiger partial charge in [-0.05, 0) is 39.8 Å². The van der Waals surface area contributed by atoms with E-state index in [-0.39, 0.29) is 24.1 Å². The van der Waals surface area contributed by atoms with E-state index in [0.29, 0.717) is 16.7 Å². The average Bonchev–Trinajstić information content (AvgIpc) is 2.33. The molecule has 3 nitrogen and oxygen atoms in total. The van der Waals surface area contributed by atoms with Crippen molar-refractivity contribution in [2.24, 2.45) is 0 Å². The number of aromatic nitrogens is 2. The van der Waals surface area contributed by atoms with E-state index in [0.717, 1.165) is 4.47 Å². The molecule has 102 valence electrons. The van der Waals surface area contributed by atoms with Crippen LogP contribution in [0.3, 0.4) is 0 Å². The number of halogens is 4. The molecule has 0 bridgehead atoms. The minimum absolute atomic E-state index is 0.0454. The molecule has 0 fully saturated rings. The van der Waals surface area contributed by atoms with Crippen LogP contribution in [0.15, 0.2) is 29.0 Å². The fourth-order valence-corrected chi connectivity index (χ4v) is 2.26. The van der Waals surface area contributed by atoms with Crippen LogP contribution in [0.4, 0.5) is 18.9 Å². The third kappa shape index (κ3) is 4.24. The normalized spacial score (nSPS) is 11.8. The molecule has 0 unspecified atom stereocenters. The molecule has 0 aromatic carbocycles. The largest absolute Gasteiger partial charge is 0.441 e. The highest BCUT2D eigenvalue weighted by Gasteiger charge is 2.27. The first kappa shape index (κ1) is 14.4. The zero-order chi connectivity index (χ0) is 13.9. The second kappa shape index (κ2) is 5.96. The zero-order valence-electron chi connectivity index (χ0n) is 9.54. The summed E-state index contributed by atoms with van der Waals surface area (Å²) in [6.45, 7) is 0.209. The Hall–Kier alpha value is -1.02. The van der Waals surface area contributed by atoms with Gasteiger partial charge in [-0.3, -0.25) is 9.97 Å². The topological polar surface area (TPSA) is 37.8 Å². The standard InChI is InChI=1S/C11H9BrF3N3S/c12-7-5-9-10(18-6-7)8(1-2-16-9)17-3-4-19-11(13,14)15/h1-2,5-6H,3-4H2,(H,16,17). The van der Waals surface area contributed by atoms with Gasteiger partial charge in [-0.2, -0.15) is 13.2 Å². The Bertz CT molecular complexity index is 577. The van der Waals surface area contributed by atoms with Crippen LogP contribution < -0.4 is 5.32 Å². The maximum absolute atomic E-state index is 12.0. The molecule has 19 heavy (non-hydrogen) atoms. The predicted octanol–water partition coefficient (Wildman–Crippen LogP) is 4.06. The van der Waals surface area contributed by atoms with Crippen LogP contribution in [0, 0.1) is 0 Å². The molecular formula is C11H9BrF3N3S. The summed E-state index contributed by atoms with van der Waals surface area (Å²) >= 11 is 3.25. The van der Waals surface area contributed by atoms with Crippen molar-refractivity contribution in [2.75, 3.05) is 17.6 Å². The molecule has 0 aliphatic carbocycles. The van der Waals surface area contributed by atoms with E-state index in [2.05, 4.69) is 31.2 Å². The molecule has 0 spiro atoms. The van der Waals surface area contributed by atoms with E-state index < -0.39 is 5.51 Å². The van der Waals surface area contributed by atoms with Crippen molar-refractivity contribution < 1.29 is 13.2 Å². The lowest BCUT2D eigenvalue weighted by Crippen LogP contribution is -2.10. The molecule has 0 atom stereocenters. The van der Waals surface area contributed by atoms with Gasteiger partial charge in [0.1, 0.15) is 5.52 Å². The smallest absolute Gasteiger partial charge is 0.382 e.